The number of aromatic nitrogens is 2. The second-order valence-corrected chi connectivity index (χ2v) is 5.58. The van der Waals surface area contributed by atoms with E-state index in [1.807, 2.05) is 17.1 Å². The average molecular weight is 265 g/mol. The van der Waals surface area contributed by atoms with Crippen molar-refractivity contribution in [1.82, 2.24) is 15.1 Å². The molecule has 1 N–H and O–H groups in total. The third-order valence-corrected chi connectivity index (χ3v) is 3.85. The minimum atomic E-state index is 0.0703. The Hall–Kier alpha value is -1.03. The molecule has 0 bridgehead atoms. The van der Waals surface area contributed by atoms with Gasteiger partial charge in [0.15, 0.2) is 5.75 Å². The van der Waals surface area contributed by atoms with Crippen molar-refractivity contribution in [3.63, 3.8) is 0 Å². The lowest BCUT2D eigenvalue weighted by Gasteiger charge is -2.41. The first-order valence-corrected chi connectivity index (χ1v) is 7.70. The van der Waals surface area contributed by atoms with E-state index in [1.165, 1.54) is 25.7 Å². The predicted molar refractivity (Wildman–Crippen MR) is 77.5 cm³/mol. The molecular weight excluding hydrogens is 238 g/mol. The van der Waals surface area contributed by atoms with Crippen LogP contribution in [0.3, 0.4) is 0 Å². The van der Waals surface area contributed by atoms with Crippen molar-refractivity contribution in [2.45, 2.75) is 64.5 Å². The van der Waals surface area contributed by atoms with Crippen LogP contribution >= 0.6 is 0 Å². The van der Waals surface area contributed by atoms with E-state index in [2.05, 4.69) is 24.3 Å². The van der Waals surface area contributed by atoms with Gasteiger partial charge in [0.25, 0.3) is 0 Å². The molecule has 1 heterocycles. The Morgan fingerprint density at radius 1 is 1.32 bits per heavy atom. The van der Waals surface area contributed by atoms with Crippen LogP contribution in [0.25, 0.3) is 0 Å². The number of ether oxygens (including phenoxy) is 1. The highest BCUT2D eigenvalue weighted by Gasteiger charge is 2.39. The Balaban J connectivity index is 1.83. The first kappa shape index (κ1) is 14.4. The number of nitrogens with one attached hydrogen (secondary N) is 1. The summed E-state index contributed by atoms with van der Waals surface area (Å²) in [4.78, 5) is 0. The van der Waals surface area contributed by atoms with E-state index >= 15 is 0 Å². The molecule has 1 aliphatic carbocycles. The summed E-state index contributed by atoms with van der Waals surface area (Å²) in [5, 5.41) is 7.80. The minimum Gasteiger partial charge on any atom is -0.484 e. The molecule has 1 aromatic heterocycles. The van der Waals surface area contributed by atoms with E-state index in [4.69, 9.17) is 4.74 Å². The summed E-state index contributed by atoms with van der Waals surface area (Å²) in [5.74, 6) is 0.934. The fourth-order valence-electron chi connectivity index (χ4n) is 2.59. The molecule has 0 aromatic carbocycles. The van der Waals surface area contributed by atoms with Gasteiger partial charge in [-0.25, -0.2) is 0 Å². The smallest absolute Gasteiger partial charge is 0.158 e. The number of hydrogen-bond donors (Lipinski definition) is 1. The maximum Gasteiger partial charge on any atom is 0.158 e. The molecule has 4 heteroatoms. The van der Waals surface area contributed by atoms with Crippen molar-refractivity contribution in [2.24, 2.45) is 0 Å². The lowest BCUT2D eigenvalue weighted by Crippen LogP contribution is -2.45. The van der Waals surface area contributed by atoms with Crippen LogP contribution in [0, 0.1) is 0 Å². The summed E-state index contributed by atoms with van der Waals surface area (Å²) < 4.78 is 8.19. The van der Waals surface area contributed by atoms with E-state index in [9.17, 15) is 0 Å². The molecule has 1 saturated carbocycles. The molecule has 1 fully saturated rings. The lowest BCUT2D eigenvalue weighted by molar-refractivity contribution is -0.0142. The number of aryl methyl sites for hydroxylation is 1. The molecule has 0 spiro atoms. The van der Waals surface area contributed by atoms with E-state index in [-0.39, 0.29) is 5.60 Å². The van der Waals surface area contributed by atoms with Crippen LogP contribution in [0.5, 0.6) is 5.75 Å². The largest absolute Gasteiger partial charge is 0.484 e. The van der Waals surface area contributed by atoms with Crippen molar-refractivity contribution in [3.8, 4) is 5.75 Å². The van der Waals surface area contributed by atoms with Crippen molar-refractivity contribution < 1.29 is 4.74 Å². The van der Waals surface area contributed by atoms with E-state index in [1.54, 1.807) is 0 Å². The zero-order valence-corrected chi connectivity index (χ0v) is 12.3. The molecular formula is C15H27N3O. The molecule has 0 amide bonds. The Kier molecular flexibility index (Phi) is 5.25. The van der Waals surface area contributed by atoms with Gasteiger partial charge in [0.1, 0.15) is 5.60 Å². The first-order chi connectivity index (χ1) is 9.28. The molecule has 2 rings (SSSR count). The number of hydrogen-bond acceptors (Lipinski definition) is 3. The molecule has 1 aromatic rings. The topological polar surface area (TPSA) is 39.1 Å². The van der Waals surface area contributed by atoms with E-state index in [0.717, 1.165) is 38.2 Å². The van der Waals surface area contributed by atoms with Crippen molar-refractivity contribution in [3.05, 3.63) is 12.4 Å². The van der Waals surface area contributed by atoms with Gasteiger partial charge < -0.3 is 10.1 Å². The maximum absolute atomic E-state index is 6.22. The highest BCUT2D eigenvalue weighted by Crippen LogP contribution is 2.39. The molecule has 1 aliphatic rings. The molecule has 108 valence electrons. The van der Waals surface area contributed by atoms with Gasteiger partial charge in [0, 0.05) is 6.54 Å². The summed E-state index contributed by atoms with van der Waals surface area (Å²) in [7, 11) is 0. The Morgan fingerprint density at radius 3 is 2.79 bits per heavy atom. The summed E-state index contributed by atoms with van der Waals surface area (Å²) in [5.41, 5.74) is 0.0703. The second-order valence-electron chi connectivity index (χ2n) is 5.58. The average Bonchev–Trinajstić information content (AvgIpc) is 2.79. The Bertz CT molecular complexity index is 371. The van der Waals surface area contributed by atoms with Crippen molar-refractivity contribution in [2.75, 3.05) is 13.1 Å². The van der Waals surface area contributed by atoms with Gasteiger partial charge in [-0.3, -0.25) is 4.68 Å². The molecule has 0 saturated heterocycles. The van der Waals surface area contributed by atoms with Crippen LogP contribution in [0.4, 0.5) is 0 Å². The quantitative estimate of drug-likeness (QED) is 0.698. The van der Waals surface area contributed by atoms with Gasteiger partial charge >= 0.3 is 0 Å². The monoisotopic (exact) mass is 265 g/mol. The summed E-state index contributed by atoms with van der Waals surface area (Å²) in [6.45, 7) is 7.48. The Labute approximate surface area is 116 Å². The fraction of sp³-hybridized carbons (Fsp3) is 0.800. The normalized spacial score (nSPS) is 17.2. The van der Waals surface area contributed by atoms with Gasteiger partial charge in [0.05, 0.1) is 12.4 Å². The summed E-state index contributed by atoms with van der Waals surface area (Å²) in [6, 6.07) is 0. The number of rotatable bonds is 9. The predicted octanol–water partition coefficient (Wildman–Crippen LogP) is 2.98. The minimum absolute atomic E-state index is 0.0703. The van der Waals surface area contributed by atoms with E-state index in [0.29, 0.717) is 0 Å². The van der Waals surface area contributed by atoms with Gasteiger partial charge in [-0.1, -0.05) is 13.8 Å². The molecule has 0 atom stereocenters. The fourth-order valence-corrected chi connectivity index (χ4v) is 2.59. The van der Waals surface area contributed by atoms with Crippen LogP contribution in [-0.2, 0) is 6.54 Å². The van der Waals surface area contributed by atoms with Crippen LogP contribution < -0.4 is 10.1 Å². The van der Waals surface area contributed by atoms with Crippen LogP contribution in [0.15, 0.2) is 12.4 Å². The highest BCUT2D eigenvalue weighted by atomic mass is 16.5. The van der Waals surface area contributed by atoms with Gasteiger partial charge in [-0.15, -0.1) is 0 Å². The molecule has 0 aliphatic heterocycles. The number of nitrogens with zero attached hydrogens (tertiary/aromatic N) is 2. The first-order valence-electron chi connectivity index (χ1n) is 7.70. The van der Waals surface area contributed by atoms with Crippen LogP contribution in [0.1, 0.15) is 52.4 Å². The second kappa shape index (κ2) is 6.94. The van der Waals surface area contributed by atoms with Gasteiger partial charge in [0.2, 0.25) is 0 Å². The third-order valence-electron chi connectivity index (χ3n) is 3.85. The molecule has 4 nitrogen and oxygen atoms in total. The van der Waals surface area contributed by atoms with Crippen molar-refractivity contribution >= 4 is 0 Å². The summed E-state index contributed by atoms with van der Waals surface area (Å²) in [6.07, 6.45) is 10.9. The van der Waals surface area contributed by atoms with E-state index < -0.39 is 0 Å². The zero-order valence-electron chi connectivity index (χ0n) is 12.3. The molecule has 19 heavy (non-hydrogen) atoms. The highest BCUT2D eigenvalue weighted by molar-refractivity contribution is 5.14. The van der Waals surface area contributed by atoms with Crippen LogP contribution in [0.2, 0.25) is 0 Å². The Morgan fingerprint density at radius 2 is 2.16 bits per heavy atom. The molecule has 0 unspecified atom stereocenters. The molecule has 0 radical (unpaired) electrons. The SMILES string of the molecule is CCCNCCC1(Oc2cnn(CCC)c2)CCC1. The van der Waals surface area contributed by atoms with Gasteiger partial charge in [-0.05, 0) is 51.6 Å². The zero-order chi connectivity index (χ0) is 13.6. The van der Waals surface area contributed by atoms with Crippen molar-refractivity contribution in [1.29, 1.82) is 0 Å². The van der Waals surface area contributed by atoms with Crippen LogP contribution in [-0.4, -0.2) is 28.5 Å². The summed E-state index contributed by atoms with van der Waals surface area (Å²) >= 11 is 0. The third kappa shape index (κ3) is 3.96. The standard InChI is InChI=1S/C15H27N3O/c1-3-9-16-10-8-15(6-5-7-15)19-14-12-17-18(13-14)11-4-2/h12-13,16H,3-11H2,1-2H3. The van der Waals surface area contributed by atoms with Gasteiger partial charge in [-0.2, -0.15) is 5.10 Å². The lowest BCUT2D eigenvalue weighted by atomic mass is 9.77. The maximum atomic E-state index is 6.22.